The summed E-state index contributed by atoms with van der Waals surface area (Å²) < 4.78 is 6.64. The molecular formula is C13H22IN3O. The van der Waals surface area contributed by atoms with E-state index < -0.39 is 5.60 Å². The molecule has 1 aromatic rings. The fraction of sp³-hybridized carbons (Fsp3) is 0.692. The van der Waals surface area contributed by atoms with Crippen LogP contribution in [0.2, 0.25) is 0 Å². The summed E-state index contributed by atoms with van der Waals surface area (Å²) in [7, 11) is 1.71. The Balaban J connectivity index is 3.32. The van der Waals surface area contributed by atoms with Gasteiger partial charge in [-0.15, -0.1) is 0 Å². The van der Waals surface area contributed by atoms with Crippen LogP contribution < -0.4 is 5.73 Å². The molecule has 2 N–H and O–H groups in total. The van der Waals surface area contributed by atoms with Crippen molar-refractivity contribution in [1.82, 2.24) is 9.97 Å². The van der Waals surface area contributed by atoms with E-state index in [0.29, 0.717) is 5.82 Å². The van der Waals surface area contributed by atoms with E-state index in [9.17, 15) is 0 Å². The molecule has 0 bridgehead atoms. The van der Waals surface area contributed by atoms with E-state index in [1.165, 1.54) is 0 Å². The second-order valence-electron chi connectivity index (χ2n) is 4.35. The van der Waals surface area contributed by atoms with E-state index in [4.69, 9.17) is 10.5 Å². The Labute approximate surface area is 123 Å². The molecule has 0 spiro atoms. The lowest BCUT2D eigenvalue weighted by atomic mass is 9.95. The molecule has 0 aromatic carbocycles. The molecule has 0 saturated carbocycles. The van der Waals surface area contributed by atoms with E-state index in [0.717, 1.165) is 40.8 Å². The van der Waals surface area contributed by atoms with Crippen molar-refractivity contribution in [1.29, 1.82) is 0 Å². The summed E-state index contributed by atoms with van der Waals surface area (Å²) in [4.78, 5) is 9.12. The number of nitrogen functional groups attached to an aromatic ring is 1. The van der Waals surface area contributed by atoms with Crippen LogP contribution in [0.1, 0.15) is 51.6 Å². The molecule has 18 heavy (non-hydrogen) atoms. The average molecular weight is 363 g/mol. The smallest absolute Gasteiger partial charge is 0.162 e. The van der Waals surface area contributed by atoms with E-state index in [1.54, 1.807) is 7.11 Å². The molecule has 0 unspecified atom stereocenters. The van der Waals surface area contributed by atoms with Gasteiger partial charge < -0.3 is 10.5 Å². The van der Waals surface area contributed by atoms with E-state index in [1.807, 2.05) is 0 Å². The minimum Gasteiger partial charge on any atom is -0.383 e. The highest BCUT2D eigenvalue weighted by Crippen LogP contribution is 2.31. The number of ether oxygens (including phenoxy) is 1. The first-order valence-corrected chi connectivity index (χ1v) is 7.50. The van der Waals surface area contributed by atoms with Gasteiger partial charge in [-0.3, -0.25) is 0 Å². The zero-order valence-electron chi connectivity index (χ0n) is 11.6. The minimum absolute atomic E-state index is 0.416. The predicted octanol–water partition coefficient (Wildman–Crippen LogP) is 3.28. The molecule has 0 atom stereocenters. The summed E-state index contributed by atoms with van der Waals surface area (Å²) in [6, 6.07) is 0. The summed E-state index contributed by atoms with van der Waals surface area (Å²) >= 11 is 2.22. The second-order valence-corrected chi connectivity index (χ2v) is 5.43. The van der Waals surface area contributed by atoms with Gasteiger partial charge >= 0.3 is 0 Å². The number of aromatic nitrogens is 2. The molecule has 1 aromatic heterocycles. The lowest BCUT2D eigenvalue weighted by Crippen LogP contribution is -2.30. The maximum Gasteiger partial charge on any atom is 0.162 e. The van der Waals surface area contributed by atoms with Gasteiger partial charge in [0, 0.05) is 7.11 Å². The summed E-state index contributed by atoms with van der Waals surface area (Å²) in [5, 5.41) is 0. The summed E-state index contributed by atoms with van der Waals surface area (Å²) in [5.41, 5.74) is 6.61. The highest BCUT2D eigenvalue weighted by Gasteiger charge is 2.32. The number of rotatable bonds is 6. The lowest BCUT2D eigenvalue weighted by Gasteiger charge is -2.29. The molecule has 4 nitrogen and oxygen atoms in total. The van der Waals surface area contributed by atoms with Crippen molar-refractivity contribution < 1.29 is 4.74 Å². The van der Waals surface area contributed by atoms with Crippen molar-refractivity contribution in [2.75, 3.05) is 12.8 Å². The lowest BCUT2D eigenvalue weighted by molar-refractivity contribution is -0.0292. The SMILES string of the molecule is CCCc1nc(C(CC)(CC)OC)nc(N)c1I. The van der Waals surface area contributed by atoms with Gasteiger partial charge in [0.2, 0.25) is 0 Å². The predicted molar refractivity (Wildman–Crippen MR) is 82.4 cm³/mol. The van der Waals surface area contributed by atoms with Crippen molar-refractivity contribution in [3.8, 4) is 0 Å². The molecule has 5 heteroatoms. The molecule has 0 fully saturated rings. The zero-order chi connectivity index (χ0) is 13.8. The maximum absolute atomic E-state index is 6.00. The Kier molecular flexibility index (Phi) is 5.78. The van der Waals surface area contributed by atoms with Gasteiger partial charge in [0.1, 0.15) is 11.4 Å². The standard InChI is InChI=1S/C13H22IN3O/c1-5-8-9-10(14)11(15)17-12(16-9)13(6-2,7-3)18-4/h5-8H2,1-4H3,(H2,15,16,17). The number of nitrogens with zero attached hydrogens (tertiary/aromatic N) is 2. The van der Waals surface area contributed by atoms with Crippen LogP contribution in [0, 0.1) is 3.57 Å². The van der Waals surface area contributed by atoms with Gasteiger partial charge in [0.15, 0.2) is 5.82 Å². The molecule has 0 aliphatic carbocycles. The Morgan fingerprint density at radius 1 is 1.22 bits per heavy atom. The third-order valence-corrected chi connectivity index (χ3v) is 4.55. The van der Waals surface area contributed by atoms with Gasteiger partial charge in [0.25, 0.3) is 0 Å². The van der Waals surface area contributed by atoms with Crippen LogP contribution in [0.5, 0.6) is 0 Å². The molecule has 1 heterocycles. The normalized spacial score (nSPS) is 11.8. The van der Waals surface area contributed by atoms with Crippen LogP contribution in [-0.4, -0.2) is 17.1 Å². The number of aryl methyl sites for hydroxylation is 1. The van der Waals surface area contributed by atoms with Crippen molar-refractivity contribution in [3.63, 3.8) is 0 Å². The van der Waals surface area contributed by atoms with E-state index in [-0.39, 0.29) is 0 Å². The van der Waals surface area contributed by atoms with Crippen LogP contribution in [0.3, 0.4) is 0 Å². The van der Waals surface area contributed by atoms with Crippen LogP contribution >= 0.6 is 22.6 Å². The van der Waals surface area contributed by atoms with Crippen molar-refractivity contribution in [2.45, 2.75) is 52.1 Å². The van der Waals surface area contributed by atoms with Crippen LogP contribution in [0.25, 0.3) is 0 Å². The minimum atomic E-state index is -0.416. The van der Waals surface area contributed by atoms with Crippen LogP contribution in [-0.2, 0) is 16.8 Å². The molecule has 1 rings (SSSR count). The van der Waals surface area contributed by atoms with Gasteiger partial charge in [-0.25, -0.2) is 9.97 Å². The first-order chi connectivity index (χ1) is 8.54. The summed E-state index contributed by atoms with van der Waals surface area (Å²) in [5.74, 6) is 1.28. The largest absolute Gasteiger partial charge is 0.383 e. The maximum atomic E-state index is 6.00. The number of hydrogen-bond acceptors (Lipinski definition) is 4. The third kappa shape index (κ3) is 2.93. The van der Waals surface area contributed by atoms with Crippen LogP contribution in [0.15, 0.2) is 0 Å². The first-order valence-electron chi connectivity index (χ1n) is 6.42. The molecule has 102 valence electrons. The van der Waals surface area contributed by atoms with Crippen molar-refractivity contribution in [3.05, 3.63) is 15.1 Å². The molecular weight excluding hydrogens is 341 g/mol. The fourth-order valence-corrected chi connectivity index (χ4v) is 2.58. The third-order valence-electron chi connectivity index (χ3n) is 3.37. The number of anilines is 1. The summed E-state index contributed by atoms with van der Waals surface area (Å²) in [6.07, 6.45) is 3.65. The van der Waals surface area contributed by atoms with Gasteiger partial charge in [-0.2, -0.15) is 0 Å². The molecule has 0 amide bonds. The molecule has 0 aliphatic rings. The summed E-state index contributed by atoms with van der Waals surface area (Å²) in [6.45, 7) is 6.31. The Hall–Kier alpha value is -0.430. The van der Waals surface area contributed by atoms with Gasteiger partial charge in [0.05, 0.1) is 9.26 Å². The molecule has 0 aliphatic heterocycles. The van der Waals surface area contributed by atoms with Crippen molar-refractivity contribution >= 4 is 28.4 Å². The van der Waals surface area contributed by atoms with Crippen molar-refractivity contribution in [2.24, 2.45) is 0 Å². The van der Waals surface area contributed by atoms with Gasteiger partial charge in [-0.05, 0) is 41.9 Å². The van der Waals surface area contributed by atoms with Crippen LogP contribution in [0.4, 0.5) is 5.82 Å². The quantitative estimate of drug-likeness (QED) is 0.788. The molecule has 0 radical (unpaired) electrons. The van der Waals surface area contributed by atoms with E-state index >= 15 is 0 Å². The highest BCUT2D eigenvalue weighted by molar-refractivity contribution is 14.1. The molecule has 0 saturated heterocycles. The monoisotopic (exact) mass is 363 g/mol. The Bertz CT molecular complexity index is 397. The number of hydrogen-bond donors (Lipinski definition) is 1. The number of nitrogens with two attached hydrogens (primary N) is 1. The Morgan fingerprint density at radius 2 is 1.83 bits per heavy atom. The zero-order valence-corrected chi connectivity index (χ0v) is 13.7. The van der Waals surface area contributed by atoms with Gasteiger partial charge in [-0.1, -0.05) is 27.2 Å². The highest BCUT2D eigenvalue weighted by atomic mass is 127. The number of methoxy groups -OCH3 is 1. The first kappa shape index (κ1) is 15.6. The second kappa shape index (κ2) is 6.65. The topological polar surface area (TPSA) is 61.0 Å². The fourth-order valence-electron chi connectivity index (χ4n) is 2.07. The Morgan fingerprint density at radius 3 is 2.28 bits per heavy atom. The van der Waals surface area contributed by atoms with E-state index in [2.05, 4.69) is 53.3 Å². The average Bonchev–Trinajstić information content (AvgIpc) is 2.38. The number of halogens is 1.